The zero-order valence-corrected chi connectivity index (χ0v) is 25.3. The molecule has 0 spiro atoms. The smallest absolute Gasteiger partial charge is 0.200 e. The lowest BCUT2D eigenvalue weighted by molar-refractivity contribution is -0.308. The predicted molar refractivity (Wildman–Crippen MR) is 156 cm³/mol. The Morgan fingerprint density at radius 3 is 2.77 bits per heavy atom. The van der Waals surface area contributed by atoms with Crippen molar-refractivity contribution in [1.29, 1.82) is 0 Å². The fraction of sp³-hybridized carbons (Fsp3) is 0.333. The van der Waals surface area contributed by atoms with Gasteiger partial charge in [0.1, 0.15) is 44.8 Å². The molecule has 9 nitrogen and oxygen atoms in total. The van der Waals surface area contributed by atoms with E-state index in [0.717, 1.165) is 20.6 Å². The number of thioether (sulfide) groups is 1. The second kappa shape index (κ2) is 11.9. The van der Waals surface area contributed by atoms with Crippen molar-refractivity contribution in [2.45, 2.75) is 47.9 Å². The van der Waals surface area contributed by atoms with E-state index in [0.29, 0.717) is 27.3 Å². The molecule has 0 saturated carbocycles. The third kappa shape index (κ3) is 5.45. The van der Waals surface area contributed by atoms with E-state index in [1.165, 1.54) is 23.1 Å². The van der Waals surface area contributed by atoms with Gasteiger partial charge in [0.05, 0.1) is 25.1 Å². The molecule has 13 heteroatoms. The van der Waals surface area contributed by atoms with Crippen molar-refractivity contribution >= 4 is 56.3 Å². The molecule has 206 valence electrons. The molecule has 3 unspecified atom stereocenters. The number of ether oxygens (including phenoxy) is 4. The molecule has 2 aromatic carbocycles. The average molecular weight is 661 g/mol. The Kier molecular flexibility index (Phi) is 8.26. The van der Waals surface area contributed by atoms with E-state index in [-0.39, 0.29) is 0 Å². The van der Waals surface area contributed by atoms with Gasteiger partial charge >= 0.3 is 0 Å². The number of rotatable bonds is 6. The molecule has 2 saturated heterocycles. The van der Waals surface area contributed by atoms with Gasteiger partial charge in [0.25, 0.3) is 0 Å². The van der Waals surface area contributed by atoms with Gasteiger partial charge < -0.3 is 18.9 Å². The van der Waals surface area contributed by atoms with Crippen molar-refractivity contribution in [2.24, 2.45) is 0 Å². The van der Waals surface area contributed by atoms with Crippen LogP contribution in [0.15, 0.2) is 64.1 Å². The second-order valence-electron chi connectivity index (χ2n) is 9.21. The van der Waals surface area contributed by atoms with Gasteiger partial charge in [0.2, 0.25) is 5.69 Å². The van der Waals surface area contributed by atoms with Gasteiger partial charge in [-0.05, 0) is 13.0 Å². The van der Waals surface area contributed by atoms with Crippen LogP contribution in [0.2, 0.25) is 4.34 Å². The molecule has 4 aromatic rings. The van der Waals surface area contributed by atoms with Gasteiger partial charge in [-0.1, -0.05) is 86.5 Å². The Bertz CT molecular complexity index is 1530. The van der Waals surface area contributed by atoms with E-state index in [4.69, 9.17) is 37.1 Å². The highest BCUT2D eigenvalue weighted by Gasteiger charge is 2.52. The summed E-state index contributed by atoms with van der Waals surface area (Å²) in [4.78, 5) is 9.01. The number of hydrogen-bond donors (Lipinski definition) is 0. The summed E-state index contributed by atoms with van der Waals surface area (Å²) in [6.45, 7) is 9.81. The van der Waals surface area contributed by atoms with Gasteiger partial charge in [-0.2, -0.15) is 0 Å². The molecule has 6 rings (SSSR count). The van der Waals surface area contributed by atoms with Gasteiger partial charge in [0, 0.05) is 22.0 Å². The lowest BCUT2D eigenvalue weighted by Gasteiger charge is -2.48. The number of aryl methyl sites for hydroxylation is 1. The first-order valence-corrected chi connectivity index (χ1v) is 15.2. The molecule has 0 radical (unpaired) electrons. The first-order chi connectivity index (χ1) is 19.4. The molecular formula is C27H23BrClN5O4S2. The van der Waals surface area contributed by atoms with Crippen LogP contribution in [0.5, 0.6) is 0 Å². The third-order valence-corrected chi connectivity index (χ3v) is 9.87. The van der Waals surface area contributed by atoms with E-state index in [9.17, 15) is 0 Å². The fourth-order valence-corrected chi connectivity index (χ4v) is 7.60. The molecular weight excluding hydrogens is 638 g/mol. The van der Waals surface area contributed by atoms with Crippen LogP contribution in [0.3, 0.4) is 0 Å². The third-order valence-electron chi connectivity index (χ3n) is 6.71. The number of halogens is 2. The number of aromatic nitrogens is 4. The van der Waals surface area contributed by atoms with Crippen molar-refractivity contribution in [1.82, 2.24) is 20.0 Å². The van der Waals surface area contributed by atoms with Gasteiger partial charge in [-0.3, -0.25) is 0 Å². The Morgan fingerprint density at radius 2 is 2.05 bits per heavy atom. The summed E-state index contributed by atoms with van der Waals surface area (Å²) in [5, 5.41) is 9.60. The molecule has 0 bridgehead atoms. The molecule has 4 heterocycles. The van der Waals surface area contributed by atoms with Crippen LogP contribution in [0.25, 0.3) is 15.5 Å². The van der Waals surface area contributed by atoms with E-state index in [1.807, 2.05) is 55.6 Å². The molecule has 0 amide bonds. The topological polar surface area (TPSA) is 84.9 Å². The highest BCUT2D eigenvalue weighted by atomic mass is 79.9. The van der Waals surface area contributed by atoms with Crippen molar-refractivity contribution in [2.75, 3.05) is 13.7 Å². The van der Waals surface area contributed by atoms with Crippen LogP contribution in [-0.2, 0) is 18.9 Å². The van der Waals surface area contributed by atoms with Gasteiger partial charge in [-0.15, -0.1) is 16.9 Å². The Labute approximate surface area is 252 Å². The minimum atomic E-state index is -0.572. The molecule has 0 N–H and O–H groups in total. The van der Waals surface area contributed by atoms with Crippen molar-refractivity contribution in [3.8, 4) is 10.7 Å². The van der Waals surface area contributed by atoms with Gasteiger partial charge in [0.15, 0.2) is 6.29 Å². The Hall–Kier alpha value is -2.34. The number of fused-ring (bicyclic) bond motifs is 1. The Morgan fingerprint density at radius 1 is 1.23 bits per heavy atom. The first kappa shape index (κ1) is 27.8. The second-order valence-corrected chi connectivity index (χ2v) is 12.9. The maximum absolute atomic E-state index is 7.64. The van der Waals surface area contributed by atoms with Crippen LogP contribution >= 0.6 is 50.6 Å². The van der Waals surface area contributed by atoms with Crippen molar-refractivity contribution < 1.29 is 18.9 Å². The van der Waals surface area contributed by atoms with Crippen LogP contribution in [-0.4, -0.2) is 57.4 Å². The van der Waals surface area contributed by atoms with E-state index < -0.39 is 36.1 Å². The molecule has 0 aliphatic carbocycles. The molecule has 40 heavy (non-hydrogen) atoms. The quantitative estimate of drug-likeness (QED) is 0.207. The highest BCUT2D eigenvalue weighted by molar-refractivity contribution is 9.10. The minimum absolute atomic E-state index is 0.311. The zero-order chi connectivity index (χ0) is 27.8. The van der Waals surface area contributed by atoms with Crippen LogP contribution < -0.4 is 0 Å². The van der Waals surface area contributed by atoms with E-state index in [2.05, 4.69) is 36.1 Å². The number of hydrogen-bond acceptors (Lipinski definition) is 9. The maximum atomic E-state index is 7.64. The largest absolute Gasteiger partial charge is 0.375 e. The average Bonchev–Trinajstić information content (AvgIpc) is 3.59. The number of benzene rings is 2. The minimum Gasteiger partial charge on any atom is -0.375 e. The summed E-state index contributed by atoms with van der Waals surface area (Å²) in [6, 6.07) is 14.9. The van der Waals surface area contributed by atoms with Crippen LogP contribution in [0.1, 0.15) is 23.6 Å². The summed E-state index contributed by atoms with van der Waals surface area (Å²) in [6.07, 6.45) is -0.108. The summed E-state index contributed by atoms with van der Waals surface area (Å²) in [7, 11) is 1.64. The lowest BCUT2D eigenvalue weighted by Crippen LogP contribution is -2.59. The molecule has 6 atom stereocenters. The molecule has 2 aromatic heterocycles. The fourth-order valence-electron chi connectivity index (χ4n) is 4.80. The molecule has 2 fully saturated rings. The summed E-state index contributed by atoms with van der Waals surface area (Å²) >= 11 is 12.6. The number of nitrogens with zero attached hydrogens (tertiary/aromatic N) is 5. The Balaban J connectivity index is 1.37. The molecule has 2 aliphatic rings. The lowest BCUT2D eigenvalue weighted by atomic mass is 9.96. The summed E-state index contributed by atoms with van der Waals surface area (Å²) in [5.74, 6) is 0. The van der Waals surface area contributed by atoms with Crippen molar-refractivity contribution in [3.63, 3.8) is 0 Å². The first-order valence-electron chi connectivity index (χ1n) is 12.3. The predicted octanol–water partition coefficient (Wildman–Crippen LogP) is 6.86. The maximum Gasteiger partial charge on any atom is 0.200 e. The SMILES string of the molecule is [C-]#[N+]c1ccc(Br)cc1S[C@H]1OC2COC(c3ccccc3)O[C@@H]2[C@H](n2cc(-c3nc(C)c(Cl)s3)nn2)C1OC. The monoisotopic (exact) mass is 659 g/mol. The van der Waals surface area contributed by atoms with Gasteiger partial charge in [-0.25, -0.2) is 14.5 Å². The van der Waals surface area contributed by atoms with E-state index >= 15 is 0 Å². The zero-order valence-electron chi connectivity index (χ0n) is 21.3. The number of methoxy groups -OCH3 is 1. The standard InChI is InChI=1S/C27H23BrClN5O4S2/c1-14-24(29)40-25(31-14)18-12-34(33-32-18)21-22-19(13-36-26(38-22)15-7-5-4-6-8-15)37-27(23(21)35-3)39-20-11-16(28)9-10-17(20)30-2/h4-12,19,21-23,26-27H,13H2,1,3H3/t19?,21-,22-,23?,26?,27+/m0/s1. The van der Waals surface area contributed by atoms with Crippen molar-refractivity contribution in [3.05, 3.63) is 86.2 Å². The van der Waals surface area contributed by atoms with Crippen LogP contribution in [0.4, 0.5) is 5.69 Å². The summed E-state index contributed by atoms with van der Waals surface area (Å²) in [5.41, 5.74) is 2.31. The normalized spacial score (nSPS) is 26.3. The highest BCUT2D eigenvalue weighted by Crippen LogP contribution is 2.46. The molecule has 2 aliphatic heterocycles. The summed E-state index contributed by atoms with van der Waals surface area (Å²) < 4.78 is 28.6. The number of thiazole rings is 1. The van der Waals surface area contributed by atoms with E-state index in [1.54, 1.807) is 17.9 Å². The van der Waals surface area contributed by atoms with Crippen LogP contribution in [0, 0.1) is 13.5 Å².